The molecule has 4 nitrogen and oxygen atoms in total. The van der Waals surface area contributed by atoms with Crippen LogP contribution in [-0.4, -0.2) is 29.7 Å². The molecule has 1 aliphatic rings. The van der Waals surface area contributed by atoms with Crippen molar-refractivity contribution in [3.8, 4) is 0 Å². The zero-order valence-electron chi connectivity index (χ0n) is 12.6. The maximum absolute atomic E-state index is 5.47. The van der Waals surface area contributed by atoms with Gasteiger partial charge in [0.25, 0.3) is 0 Å². The Morgan fingerprint density at radius 3 is 2.71 bits per heavy atom. The van der Waals surface area contributed by atoms with Crippen LogP contribution in [0, 0.1) is 5.92 Å². The highest BCUT2D eigenvalue weighted by Crippen LogP contribution is 2.28. The minimum absolute atomic E-state index is 0.393. The second kappa shape index (κ2) is 6.96. The molecule has 21 heavy (non-hydrogen) atoms. The number of hydrogen-bond donors (Lipinski definition) is 1. The van der Waals surface area contributed by atoms with Crippen LogP contribution < -0.4 is 5.32 Å². The van der Waals surface area contributed by atoms with Crippen molar-refractivity contribution >= 4 is 11.0 Å². The van der Waals surface area contributed by atoms with Crippen LogP contribution in [0.5, 0.6) is 0 Å². The monoisotopic (exact) mass is 285 g/mol. The first-order valence-corrected chi connectivity index (χ1v) is 7.88. The van der Waals surface area contributed by atoms with Crippen LogP contribution in [0.3, 0.4) is 0 Å². The van der Waals surface area contributed by atoms with Crippen LogP contribution in [0.1, 0.15) is 37.8 Å². The van der Waals surface area contributed by atoms with Gasteiger partial charge in [0.1, 0.15) is 0 Å². The number of rotatable bonds is 5. The second-order valence-corrected chi connectivity index (χ2v) is 5.71. The molecule has 1 fully saturated rings. The van der Waals surface area contributed by atoms with Gasteiger partial charge in [0.2, 0.25) is 0 Å². The van der Waals surface area contributed by atoms with E-state index in [0.717, 1.165) is 36.7 Å². The first kappa shape index (κ1) is 14.4. The van der Waals surface area contributed by atoms with Crippen molar-refractivity contribution in [2.45, 2.75) is 32.2 Å². The van der Waals surface area contributed by atoms with Gasteiger partial charge < -0.3 is 10.1 Å². The van der Waals surface area contributed by atoms with Gasteiger partial charge in [-0.25, -0.2) is 0 Å². The summed E-state index contributed by atoms with van der Waals surface area (Å²) in [5, 5.41) is 3.62. The molecule has 0 radical (unpaired) electrons. The lowest BCUT2D eigenvalue weighted by Gasteiger charge is -2.27. The van der Waals surface area contributed by atoms with Crippen molar-refractivity contribution in [2.75, 3.05) is 19.8 Å². The number of aromatic nitrogens is 2. The van der Waals surface area contributed by atoms with E-state index in [2.05, 4.69) is 40.4 Å². The van der Waals surface area contributed by atoms with Crippen LogP contribution in [-0.2, 0) is 4.74 Å². The lowest BCUT2D eigenvalue weighted by Crippen LogP contribution is -2.26. The second-order valence-electron chi connectivity index (χ2n) is 5.71. The van der Waals surface area contributed by atoms with Crippen LogP contribution in [0.4, 0.5) is 0 Å². The Morgan fingerprint density at radius 1 is 1.19 bits per heavy atom. The van der Waals surface area contributed by atoms with Crippen molar-refractivity contribution in [3.05, 3.63) is 36.2 Å². The predicted octanol–water partition coefficient (Wildman–Crippen LogP) is 3.10. The van der Waals surface area contributed by atoms with Gasteiger partial charge in [-0.3, -0.25) is 9.97 Å². The number of nitrogens with zero attached hydrogens (tertiary/aromatic N) is 2. The van der Waals surface area contributed by atoms with Crippen molar-refractivity contribution in [1.29, 1.82) is 0 Å². The molecule has 0 saturated carbocycles. The van der Waals surface area contributed by atoms with Gasteiger partial charge in [0.05, 0.1) is 11.0 Å². The van der Waals surface area contributed by atoms with Gasteiger partial charge in [-0.1, -0.05) is 13.0 Å². The Balaban J connectivity index is 1.80. The minimum Gasteiger partial charge on any atom is -0.381 e. The SMILES string of the molecule is CCNC(CC1CCOCC1)c1ccc2nccnc2c1. The molecule has 3 rings (SSSR count). The highest BCUT2D eigenvalue weighted by atomic mass is 16.5. The van der Waals surface area contributed by atoms with Crippen LogP contribution >= 0.6 is 0 Å². The molecule has 2 heterocycles. The van der Waals surface area contributed by atoms with Crippen LogP contribution in [0.25, 0.3) is 11.0 Å². The molecule has 0 spiro atoms. The third kappa shape index (κ3) is 3.57. The number of ether oxygens (including phenoxy) is 1. The first-order chi connectivity index (χ1) is 10.4. The highest BCUT2D eigenvalue weighted by molar-refractivity contribution is 5.74. The third-order valence-electron chi connectivity index (χ3n) is 4.26. The normalized spacial score (nSPS) is 18.0. The zero-order chi connectivity index (χ0) is 14.5. The average molecular weight is 285 g/mol. The molecule has 1 N–H and O–H groups in total. The summed E-state index contributed by atoms with van der Waals surface area (Å²) in [6.45, 7) is 4.96. The molecular formula is C17H23N3O. The van der Waals surface area contributed by atoms with Gasteiger partial charge in [0.15, 0.2) is 0 Å². The number of nitrogens with one attached hydrogen (secondary N) is 1. The van der Waals surface area contributed by atoms with Crippen molar-refractivity contribution < 1.29 is 4.74 Å². The predicted molar refractivity (Wildman–Crippen MR) is 84.1 cm³/mol. The molecule has 4 heteroatoms. The molecule has 1 saturated heterocycles. The summed E-state index contributed by atoms with van der Waals surface area (Å²) < 4.78 is 5.47. The van der Waals surface area contributed by atoms with E-state index in [1.165, 1.54) is 24.8 Å². The molecule has 1 atom stereocenters. The van der Waals surface area contributed by atoms with Crippen molar-refractivity contribution in [3.63, 3.8) is 0 Å². The Labute approximate surface area is 125 Å². The molecular weight excluding hydrogens is 262 g/mol. The molecule has 1 aromatic carbocycles. The van der Waals surface area contributed by atoms with Crippen molar-refractivity contribution in [2.24, 2.45) is 5.92 Å². The van der Waals surface area contributed by atoms with Gasteiger partial charge in [0, 0.05) is 31.6 Å². The molecule has 2 aromatic rings. The maximum atomic E-state index is 5.47. The summed E-state index contributed by atoms with van der Waals surface area (Å²) in [6, 6.07) is 6.83. The Hall–Kier alpha value is -1.52. The Bertz CT molecular complexity index is 581. The van der Waals surface area contributed by atoms with E-state index >= 15 is 0 Å². The fourth-order valence-corrected chi connectivity index (χ4v) is 3.10. The molecule has 1 unspecified atom stereocenters. The maximum Gasteiger partial charge on any atom is 0.0890 e. The van der Waals surface area contributed by atoms with Gasteiger partial charge >= 0.3 is 0 Å². The number of benzene rings is 1. The van der Waals surface area contributed by atoms with Crippen molar-refractivity contribution in [1.82, 2.24) is 15.3 Å². The molecule has 112 valence electrons. The van der Waals surface area contributed by atoms with Gasteiger partial charge in [-0.15, -0.1) is 0 Å². The lowest BCUT2D eigenvalue weighted by molar-refractivity contribution is 0.0606. The molecule has 1 aromatic heterocycles. The van der Waals surface area contributed by atoms with E-state index in [0.29, 0.717) is 6.04 Å². The van der Waals surface area contributed by atoms with Crippen LogP contribution in [0.15, 0.2) is 30.6 Å². The van der Waals surface area contributed by atoms with Gasteiger partial charge in [-0.05, 0) is 49.4 Å². The smallest absolute Gasteiger partial charge is 0.0890 e. The molecule has 1 aliphatic heterocycles. The fraction of sp³-hybridized carbons (Fsp3) is 0.529. The Kier molecular flexibility index (Phi) is 4.78. The largest absolute Gasteiger partial charge is 0.381 e. The molecule has 0 aliphatic carbocycles. The summed E-state index contributed by atoms with van der Waals surface area (Å²) in [6.07, 6.45) is 7.02. The quantitative estimate of drug-likeness (QED) is 0.917. The lowest BCUT2D eigenvalue weighted by atomic mass is 9.89. The number of hydrogen-bond acceptors (Lipinski definition) is 4. The Morgan fingerprint density at radius 2 is 1.95 bits per heavy atom. The third-order valence-corrected chi connectivity index (χ3v) is 4.26. The van der Waals surface area contributed by atoms with E-state index in [4.69, 9.17) is 4.74 Å². The topological polar surface area (TPSA) is 47.0 Å². The number of fused-ring (bicyclic) bond motifs is 1. The molecule has 0 bridgehead atoms. The minimum atomic E-state index is 0.393. The summed E-state index contributed by atoms with van der Waals surface area (Å²) in [5.41, 5.74) is 3.25. The summed E-state index contributed by atoms with van der Waals surface area (Å²) in [7, 11) is 0. The highest BCUT2D eigenvalue weighted by Gasteiger charge is 2.20. The summed E-state index contributed by atoms with van der Waals surface area (Å²) in [4.78, 5) is 8.76. The van der Waals surface area contributed by atoms with Gasteiger partial charge in [-0.2, -0.15) is 0 Å². The van der Waals surface area contributed by atoms with E-state index in [-0.39, 0.29) is 0 Å². The summed E-state index contributed by atoms with van der Waals surface area (Å²) in [5.74, 6) is 0.750. The van der Waals surface area contributed by atoms with Crippen LogP contribution in [0.2, 0.25) is 0 Å². The fourth-order valence-electron chi connectivity index (χ4n) is 3.10. The standard InChI is InChI=1S/C17H23N3O/c1-2-18-16(11-13-5-9-21-10-6-13)14-3-4-15-17(12-14)20-8-7-19-15/h3-4,7-8,12-13,16,18H,2,5-6,9-11H2,1H3. The van der Waals surface area contributed by atoms with E-state index < -0.39 is 0 Å². The van der Waals surface area contributed by atoms with E-state index in [9.17, 15) is 0 Å². The van der Waals surface area contributed by atoms with E-state index in [1.54, 1.807) is 12.4 Å². The zero-order valence-corrected chi connectivity index (χ0v) is 12.6. The molecule has 0 amide bonds. The van der Waals surface area contributed by atoms with E-state index in [1.807, 2.05) is 0 Å². The average Bonchev–Trinajstić information content (AvgIpc) is 2.55. The first-order valence-electron chi connectivity index (χ1n) is 7.88. The summed E-state index contributed by atoms with van der Waals surface area (Å²) >= 11 is 0.